The van der Waals surface area contributed by atoms with Gasteiger partial charge in [0.2, 0.25) is 0 Å². The van der Waals surface area contributed by atoms with E-state index in [2.05, 4.69) is 11.9 Å². The molecular formula is C13H12ClNOS. The summed E-state index contributed by atoms with van der Waals surface area (Å²) in [6, 6.07) is 7.82. The first-order valence-corrected chi connectivity index (χ1v) is 6.66. The lowest BCUT2D eigenvalue weighted by molar-refractivity contribution is 0.348. The first kappa shape index (κ1) is 11.2. The van der Waals surface area contributed by atoms with E-state index in [1.165, 1.54) is 4.88 Å². The minimum Gasteiger partial charge on any atom is -0.357 e. The highest BCUT2D eigenvalue weighted by Gasteiger charge is 2.51. The van der Waals surface area contributed by atoms with Crippen LogP contribution in [0.2, 0.25) is 5.02 Å². The van der Waals surface area contributed by atoms with Crippen molar-refractivity contribution in [3.05, 3.63) is 50.4 Å². The van der Waals surface area contributed by atoms with Crippen LogP contribution in [0.15, 0.2) is 24.3 Å². The quantitative estimate of drug-likeness (QED) is 0.774. The number of thiazole rings is 1. The second-order valence-corrected chi connectivity index (χ2v) is 5.92. The maximum Gasteiger partial charge on any atom is 0.168 e. The first-order valence-electron chi connectivity index (χ1n) is 5.46. The van der Waals surface area contributed by atoms with Crippen molar-refractivity contribution in [1.82, 2.24) is 4.98 Å². The van der Waals surface area contributed by atoms with Crippen LogP contribution in [0.5, 0.6) is 0 Å². The van der Waals surface area contributed by atoms with Crippen LogP contribution in [0.25, 0.3) is 0 Å². The number of ether oxygens (including phenoxy) is 1. The van der Waals surface area contributed by atoms with Crippen LogP contribution in [0.3, 0.4) is 0 Å². The highest BCUT2D eigenvalue weighted by atomic mass is 35.5. The maximum absolute atomic E-state index is 5.90. The van der Waals surface area contributed by atoms with E-state index in [1.807, 2.05) is 31.2 Å². The van der Waals surface area contributed by atoms with Crippen molar-refractivity contribution in [2.24, 2.45) is 0 Å². The fourth-order valence-electron chi connectivity index (χ4n) is 1.85. The summed E-state index contributed by atoms with van der Waals surface area (Å²) >= 11 is 7.62. The predicted molar refractivity (Wildman–Crippen MR) is 69.8 cm³/mol. The van der Waals surface area contributed by atoms with Gasteiger partial charge in [-0.2, -0.15) is 0 Å². The molecule has 0 amide bonds. The third-order valence-electron chi connectivity index (χ3n) is 3.12. The molecule has 2 heterocycles. The molecule has 0 spiro atoms. The van der Waals surface area contributed by atoms with Gasteiger partial charge in [0.15, 0.2) is 5.60 Å². The standard InChI is InChI=1S/C13H12ClNOS/c1-8-9(2)17-12(15-8)13(7-16-13)10-3-5-11(14)6-4-10/h3-6H,7H2,1-2H3. The number of rotatable bonds is 2. The molecule has 1 aromatic carbocycles. The number of halogens is 1. The summed E-state index contributed by atoms with van der Waals surface area (Å²) < 4.78 is 5.68. The van der Waals surface area contributed by atoms with E-state index in [-0.39, 0.29) is 5.60 Å². The van der Waals surface area contributed by atoms with Crippen molar-refractivity contribution < 1.29 is 4.74 Å². The summed E-state index contributed by atoms with van der Waals surface area (Å²) in [5, 5.41) is 1.80. The fourth-order valence-corrected chi connectivity index (χ4v) is 3.04. The second-order valence-electron chi connectivity index (χ2n) is 4.28. The molecule has 2 nitrogen and oxygen atoms in total. The Labute approximate surface area is 109 Å². The van der Waals surface area contributed by atoms with Gasteiger partial charge in [0, 0.05) is 9.90 Å². The van der Waals surface area contributed by atoms with E-state index < -0.39 is 0 Å². The Kier molecular flexibility index (Phi) is 2.51. The molecule has 1 aliphatic heterocycles. The molecule has 1 unspecified atom stereocenters. The molecule has 1 aliphatic rings. The summed E-state index contributed by atoms with van der Waals surface area (Å²) in [4.78, 5) is 5.86. The van der Waals surface area contributed by atoms with Gasteiger partial charge < -0.3 is 4.74 Å². The molecule has 1 saturated heterocycles. The topological polar surface area (TPSA) is 25.4 Å². The highest BCUT2D eigenvalue weighted by Crippen LogP contribution is 2.47. The number of hydrogen-bond acceptors (Lipinski definition) is 3. The molecule has 2 aromatic rings. The van der Waals surface area contributed by atoms with E-state index in [0.717, 1.165) is 21.3 Å². The molecule has 1 fully saturated rings. The largest absolute Gasteiger partial charge is 0.357 e. The Morgan fingerprint density at radius 2 is 1.94 bits per heavy atom. The van der Waals surface area contributed by atoms with Gasteiger partial charge in [-0.1, -0.05) is 23.7 Å². The van der Waals surface area contributed by atoms with Crippen LogP contribution >= 0.6 is 22.9 Å². The maximum atomic E-state index is 5.90. The zero-order valence-corrected chi connectivity index (χ0v) is 11.2. The van der Waals surface area contributed by atoms with Crippen molar-refractivity contribution in [2.75, 3.05) is 6.61 Å². The van der Waals surface area contributed by atoms with Crippen LogP contribution in [0, 0.1) is 13.8 Å². The van der Waals surface area contributed by atoms with E-state index in [0.29, 0.717) is 6.61 Å². The third-order valence-corrected chi connectivity index (χ3v) is 4.59. The summed E-state index contributed by atoms with van der Waals surface area (Å²) in [6.45, 7) is 4.84. The van der Waals surface area contributed by atoms with Crippen molar-refractivity contribution in [2.45, 2.75) is 19.4 Å². The van der Waals surface area contributed by atoms with E-state index >= 15 is 0 Å². The number of nitrogens with zero attached hydrogens (tertiary/aromatic N) is 1. The Bertz CT molecular complexity index is 538. The van der Waals surface area contributed by atoms with Gasteiger partial charge in [0.05, 0.1) is 12.3 Å². The van der Waals surface area contributed by atoms with Crippen molar-refractivity contribution in [3.8, 4) is 0 Å². The Morgan fingerprint density at radius 1 is 1.29 bits per heavy atom. The number of aromatic nitrogens is 1. The first-order chi connectivity index (χ1) is 8.12. The lowest BCUT2D eigenvalue weighted by atomic mass is 10.0. The van der Waals surface area contributed by atoms with Crippen molar-refractivity contribution >= 4 is 22.9 Å². The molecule has 4 heteroatoms. The normalized spacial score (nSPS) is 22.8. The summed E-state index contributed by atoms with van der Waals surface area (Å²) in [6.07, 6.45) is 0. The second kappa shape index (κ2) is 3.80. The highest BCUT2D eigenvalue weighted by molar-refractivity contribution is 7.11. The smallest absolute Gasteiger partial charge is 0.168 e. The number of epoxide rings is 1. The zero-order valence-electron chi connectivity index (χ0n) is 9.66. The van der Waals surface area contributed by atoms with Gasteiger partial charge in [-0.3, -0.25) is 0 Å². The number of hydrogen-bond donors (Lipinski definition) is 0. The summed E-state index contributed by atoms with van der Waals surface area (Å²) in [7, 11) is 0. The zero-order chi connectivity index (χ0) is 12.0. The average Bonchev–Trinajstić information content (AvgIpc) is 3.04. The molecule has 0 bridgehead atoms. The minimum absolute atomic E-state index is 0.311. The van der Waals surface area contributed by atoms with Crippen LogP contribution in [0.1, 0.15) is 21.1 Å². The molecule has 0 radical (unpaired) electrons. The third kappa shape index (κ3) is 1.79. The summed E-state index contributed by atoms with van der Waals surface area (Å²) in [5.41, 5.74) is 1.92. The molecule has 1 aromatic heterocycles. The molecule has 17 heavy (non-hydrogen) atoms. The van der Waals surface area contributed by atoms with Gasteiger partial charge in [-0.05, 0) is 31.5 Å². The molecule has 1 atom stereocenters. The SMILES string of the molecule is Cc1nc(C2(c3ccc(Cl)cc3)CO2)sc1C. The summed E-state index contributed by atoms with van der Waals surface area (Å²) in [5.74, 6) is 0. The number of aryl methyl sites for hydroxylation is 2. The molecular weight excluding hydrogens is 254 g/mol. The van der Waals surface area contributed by atoms with Gasteiger partial charge in [0.1, 0.15) is 5.01 Å². The van der Waals surface area contributed by atoms with Gasteiger partial charge in [-0.25, -0.2) is 4.98 Å². The van der Waals surface area contributed by atoms with Gasteiger partial charge in [-0.15, -0.1) is 11.3 Å². The van der Waals surface area contributed by atoms with E-state index in [4.69, 9.17) is 16.3 Å². The van der Waals surface area contributed by atoms with Crippen LogP contribution in [-0.4, -0.2) is 11.6 Å². The molecule has 3 rings (SSSR count). The molecule has 88 valence electrons. The fraction of sp³-hybridized carbons (Fsp3) is 0.308. The van der Waals surface area contributed by atoms with Crippen LogP contribution < -0.4 is 0 Å². The molecule has 0 aliphatic carbocycles. The van der Waals surface area contributed by atoms with Crippen LogP contribution in [0.4, 0.5) is 0 Å². The van der Waals surface area contributed by atoms with Gasteiger partial charge >= 0.3 is 0 Å². The predicted octanol–water partition coefficient (Wildman–Crippen LogP) is 3.69. The van der Waals surface area contributed by atoms with Crippen LogP contribution in [-0.2, 0) is 10.3 Å². The Balaban J connectivity index is 2.04. The van der Waals surface area contributed by atoms with Crippen molar-refractivity contribution in [3.63, 3.8) is 0 Å². The van der Waals surface area contributed by atoms with Crippen molar-refractivity contribution in [1.29, 1.82) is 0 Å². The lowest BCUT2D eigenvalue weighted by Gasteiger charge is -2.08. The Hall–Kier alpha value is -0.900. The monoisotopic (exact) mass is 265 g/mol. The van der Waals surface area contributed by atoms with E-state index in [9.17, 15) is 0 Å². The van der Waals surface area contributed by atoms with Gasteiger partial charge in [0.25, 0.3) is 0 Å². The number of benzene rings is 1. The molecule has 0 N–H and O–H groups in total. The average molecular weight is 266 g/mol. The van der Waals surface area contributed by atoms with E-state index in [1.54, 1.807) is 11.3 Å². The Morgan fingerprint density at radius 3 is 2.41 bits per heavy atom. The lowest BCUT2D eigenvalue weighted by Crippen LogP contribution is -2.10. The minimum atomic E-state index is -0.311. The molecule has 0 saturated carbocycles.